The van der Waals surface area contributed by atoms with E-state index in [1.165, 1.54) is 10.4 Å². The molecule has 1 heterocycles. The molecule has 1 aliphatic heterocycles. The summed E-state index contributed by atoms with van der Waals surface area (Å²) in [6, 6.07) is 11.8. The van der Waals surface area contributed by atoms with E-state index in [4.69, 9.17) is 9.47 Å². The summed E-state index contributed by atoms with van der Waals surface area (Å²) < 4.78 is 36.6. The van der Waals surface area contributed by atoms with E-state index in [1.807, 2.05) is 32.0 Å². The average Bonchev–Trinajstić information content (AvgIpc) is 2.70. The molecule has 0 saturated carbocycles. The molecular weight excluding hydrogens is 416 g/mol. The molecule has 8 heteroatoms. The van der Waals surface area contributed by atoms with Crippen molar-refractivity contribution in [3.8, 4) is 11.5 Å². The highest BCUT2D eigenvalue weighted by Crippen LogP contribution is 2.41. The van der Waals surface area contributed by atoms with E-state index in [9.17, 15) is 13.2 Å². The third kappa shape index (κ3) is 5.19. The van der Waals surface area contributed by atoms with Crippen LogP contribution in [-0.2, 0) is 10.0 Å². The number of amides is 1. The monoisotopic (exact) mass is 444 g/mol. The number of sulfonamides is 1. The van der Waals surface area contributed by atoms with E-state index >= 15 is 0 Å². The Morgan fingerprint density at radius 1 is 1.29 bits per heavy atom. The van der Waals surface area contributed by atoms with Crippen molar-refractivity contribution >= 4 is 21.6 Å². The van der Waals surface area contributed by atoms with E-state index in [0.717, 1.165) is 11.8 Å². The molecule has 1 amide bonds. The first-order valence-corrected chi connectivity index (χ1v) is 11.8. The normalized spacial score (nSPS) is 17.1. The third-order valence-corrected chi connectivity index (χ3v) is 6.26. The van der Waals surface area contributed by atoms with Gasteiger partial charge in [0, 0.05) is 23.6 Å². The molecule has 0 spiro atoms. The van der Waals surface area contributed by atoms with Crippen molar-refractivity contribution in [1.82, 2.24) is 5.32 Å². The molecule has 0 aliphatic carbocycles. The molecule has 0 aromatic heterocycles. The highest BCUT2D eigenvalue weighted by molar-refractivity contribution is 7.92. The number of nitrogens with one attached hydrogen (secondary N) is 1. The number of benzene rings is 2. The fourth-order valence-electron chi connectivity index (χ4n) is 3.66. The van der Waals surface area contributed by atoms with Crippen molar-refractivity contribution in [1.29, 1.82) is 0 Å². The minimum atomic E-state index is -3.45. The Balaban J connectivity index is 1.82. The maximum atomic E-state index is 12.9. The Hall–Kier alpha value is -3.00. The minimum absolute atomic E-state index is 0.155. The predicted octanol–water partition coefficient (Wildman–Crippen LogP) is 3.68. The zero-order valence-corrected chi connectivity index (χ0v) is 19.0. The molecule has 2 aromatic rings. The highest BCUT2D eigenvalue weighted by Gasteiger charge is 2.35. The number of carbonyl (C=O) groups is 1. The van der Waals surface area contributed by atoms with Crippen LogP contribution in [0.4, 0.5) is 5.69 Å². The first-order chi connectivity index (χ1) is 14.5. The minimum Gasteiger partial charge on any atom is -0.497 e. The molecular formula is C23H28N2O5S. The molecule has 0 saturated heterocycles. The van der Waals surface area contributed by atoms with Crippen LogP contribution in [0, 0.1) is 0 Å². The topological polar surface area (TPSA) is 84.9 Å². The van der Waals surface area contributed by atoms with Crippen LogP contribution in [0.3, 0.4) is 0 Å². The summed E-state index contributed by atoms with van der Waals surface area (Å²) in [6.45, 7) is 7.71. The summed E-state index contributed by atoms with van der Waals surface area (Å²) in [5.74, 6) is 1.13. The van der Waals surface area contributed by atoms with Crippen molar-refractivity contribution in [2.45, 2.75) is 31.9 Å². The van der Waals surface area contributed by atoms with Gasteiger partial charge in [0.1, 0.15) is 17.1 Å². The van der Waals surface area contributed by atoms with Crippen molar-refractivity contribution in [2.75, 3.05) is 24.2 Å². The molecule has 0 bridgehead atoms. The van der Waals surface area contributed by atoms with E-state index in [-0.39, 0.29) is 18.5 Å². The van der Waals surface area contributed by atoms with Crippen LogP contribution in [-0.4, -0.2) is 39.8 Å². The third-order valence-electron chi connectivity index (χ3n) is 5.10. The largest absolute Gasteiger partial charge is 0.497 e. The van der Waals surface area contributed by atoms with Gasteiger partial charge in [0.15, 0.2) is 0 Å². The fourth-order valence-corrected chi connectivity index (χ4v) is 4.54. The van der Waals surface area contributed by atoms with Crippen LogP contribution in [0.2, 0.25) is 0 Å². The highest BCUT2D eigenvalue weighted by atomic mass is 32.2. The molecule has 2 aromatic carbocycles. The Kier molecular flexibility index (Phi) is 6.31. The van der Waals surface area contributed by atoms with Crippen LogP contribution in [0.1, 0.15) is 42.2 Å². The van der Waals surface area contributed by atoms with Crippen LogP contribution in [0.25, 0.3) is 0 Å². The Morgan fingerprint density at radius 3 is 2.55 bits per heavy atom. The number of anilines is 1. The number of carbonyl (C=O) groups excluding carboxylic acids is 1. The van der Waals surface area contributed by atoms with Crippen LogP contribution >= 0.6 is 0 Å². The summed E-state index contributed by atoms with van der Waals surface area (Å²) in [5.41, 5.74) is 1.35. The zero-order valence-electron chi connectivity index (χ0n) is 18.2. The van der Waals surface area contributed by atoms with Gasteiger partial charge in [-0.25, -0.2) is 8.42 Å². The molecule has 0 unspecified atom stereocenters. The van der Waals surface area contributed by atoms with Crippen LogP contribution < -0.4 is 19.1 Å². The fraction of sp³-hybridized carbons (Fsp3) is 0.348. The number of hydrogen-bond donors (Lipinski definition) is 1. The molecule has 31 heavy (non-hydrogen) atoms. The van der Waals surface area contributed by atoms with E-state index in [0.29, 0.717) is 29.2 Å². The first kappa shape index (κ1) is 22.7. The van der Waals surface area contributed by atoms with Crippen LogP contribution in [0.5, 0.6) is 11.5 Å². The van der Waals surface area contributed by atoms with Gasteiger partial charge in [-0.1, -0.05) is 6.08 Å². The molecule has 0 radical (unpaired) electrons. The van der Waals surface area contributed by atoms with Gasteiger partial charge in [-0.2, -0.15) is 0 Å². The van der Waals surface area contributed by atoms with Gasteiger partial charge < -0.3 is 14.8 Å². The van der Waals surface area contributed by atoms with Gasteiger partial charge in [0.25, 0.3) is 5.91 Å². The summed E-state index contributed by atoms with van der Waals surface area (Å²) in [5, 5.41) is 3.08. The van der Waals surface area contributed by atoms with Gasteiger partial charge >= 0.3 is 0 Å². The SMILES string of the molecule is C=CCN(c1ccc(C(=O)N[C@H]2CC(C)(C)Oc3cc(OC)ccc32)cc1)S(C)(=O)=O. The van der Waals surface area contributed by atoms with E-state index in [1.54, 1.807) is 31.4 Å². The molecule has 0 fully saturated rings. The lowest BCUT2D eigenvalue weighted by molar-refractivity contribution is 0.0617. The Labute approximate surface area is 183 Å². The summed E-state index contributed by atoms with van der Waals surface area (Å²) in [7, 11) is -1.85. The number of hydrogen-bond acceptors (Lipinski definition) is 5. The summed E-state index contributed by atoms with van der Waals surface area (Å²) in [4.78, 5) is 12.9. The van der Waals surface area contributed by atoms with Crippen molar-refractivity contribution in [2.24, 2.45) is 0 Å². The average molecular weight is 445 g/mol. The predicted molar refractivity (Wildman–Crippen MR) is 121 cm³/mol. The second-order valence-corrected chi connectivity index (χ2v) is 10.0. The van der Waals surface area contributed by atoms with Crippen LogP contribution in [0.15, 0.2) is 55.1 Å². The Morgan fingerprint density at radius 2 is 1.97 bits per heavy atom. The quantitative estimate of drug-likeness (QED) is 0.659. The molecule has 7 nitrogen and oxygen atoms in total. The maximum Gasteiger partial charge on any atom is 0.251 e. The second-order valence-electron chi connectivity index (χ2n) is 8.13. The van der Waals surface area contributed by atoms with E-state index < -0.39 is 15.6 Å². The molecule has 1 N–H and O–H groups in total. The van der Waals surface area contributed by atoms with E-state index in [2.05, 4.69) is 11.9 Å². The lowest BCUT2D eigenvalue weighted by atomic mass is 9.89. The zero-order chi connectivity index (χ0) is 22.8. The Bertz CT molecular complexity index is 1080. The summed E-state index contributed by atoms with van der Waals surface area (Å²) >= 11 is 0. The standard InChI is InChI=1S/C23H28N2O5S/c1-6-13-25(31(5,27)28)17-9-7-16(8-10-17)22(26)24-20-15-23(2,3)30-21-14-18(29-4)11-12-19(20)21/h6-12,14,20H,1,13,15H2,2-5H3,(H,24,26)/t20-/m0/s1. The number of ether oxygens (including phenoxy) is 2. The smallest absolute Gasteiger partial charge is 0.251 e. The number of methoxy groups -OCH3 is 1. The summed E-state index contributed by atoms with van der Waals surface area (Å²) in [6.07, 6.45) is 3.26. The van der Waals surface area contributed by atoms with Gasteiger partial charge in [-0.15, -0.1) is 6.58 Å². The van der Waals surface area contributed by atoms with Crippen molar-refractivity contribution < 1.29 is 22.7 Å². The number of fused-ring (bicyclic) bond motifs is 1. The number of nitrogens with zero attached hydrogens (tertiary/aromatic N) is 1. The molecule has 1 atom stereocenters. The van der Waals surface area contributed by atoms with Gasteiger partial charge in [-0.3, -0.25) is 9.10 Å². The lowest BCUT2D eigenvalue weighted by Crippen LogP contribution is -2.41. The van der Waals surface area contributed by atoms with Gasteiger partial charge in [0.05, 0.1) is 31.6 Å². The molecule has 3 rings (SSSR count). The number of rotatable bonds is 7. The van der Waals surface area contributed by atoms with Crippen molar-refractivity contribution in [3.63, 3.8) is 0 Å². The molecule has 1 aliphatic rings. The maximum absolute atomic E-state index is 12.9. The van der Waals surface area contributed by atoms with Gasteiger partial charge in [-0.05, 0) is 50.2 Å². The van der Waals surface area contributed by atoms with Crippen molar-refractivity contribution in [3.05, 3.63) is 66.2 Å². The first-order valence-electron chi connectivity index (χ1n) is 9.90. The lowest BCUT2D eigenvalue weighted by Gasteiger charge is -2.38. The second kappa shape index (κ2) is 8.63. The van der Waals surface area contributed by atoms with Gasteiger partial charge in [0.2, 0.25) is 10.0 Å². The molecule has 166 valence electrons.